The van der Waals surface area contributed by atoms with E-state index in [1.54, 1.807) is 31.2 Å². The van der Waals surface area contributed by atoms with Gasteiger partial charge in [0.15, 0.2) is 0 Å². The minimum atomic E-state index is -1.39. The van der Waals surface area contributed by atoms with Crippen LogP contribution in [0.2, 0.25) is 0 Å². The van der Waals surface area contributed by atoms with Crippen molar-refractivity contribution in [3.8, 4) is 5.75 Å². The number of esters is 1. The van der Waals surface area contributed by atoms with E-state index in [2.05, 4.69) is 20.9 Å². The van der Waals surface area contributed by atoms with Crippen LogP contribution in [0.25, 0.3) is 0 Å². The third-order valence-corrected chi connectivity index (χ3v) is 3.82. The minimum Gasteiger partial charge on any atom is -0.482 e. The Kier molecular flexibility index (Phi) is 5.75. The Balaban J connectivity index is 2.48. The van der Waals surface area contributed by atoms with Gasteiger partial charge in [0.25, 0.3) is 5.56 Å². The number of H-pyrrole nitrogens is 1. The van der Waals surface area contributed by atoms with E-state index in [4.69, 9.17) is 14.6 Å². The highest BCUT2D eigenvalue weighted by Gasteiger charge is 2.27. The number of halogens is 1. The summed E-state index contributed by atoms with van der Waals surface area (Å²) in [6.07, 6.45) is 0. The zero-order valence-electron chi connectivity index (χ0n) is 12.7. The molecule has 2 N–H and O–H groups in total. The highest BCUT2D eigenvalue weighted by Crippen LogP contribution is 2.27. The Bertz CT molecular complexity index is 815. The molecular weight excluding hydrogens is 382 g/mol. The first-order chi connectivity index (χ1) is 11.5. The van der Waals surface area contributed by atoms with Crippen LogP contribution < -0.4 is 10.3 Å². The van der Waals surface area contributed by atoms with Gasteiger partial charge in [-0.05, 0) is 28.4 Å². The Labute approximate surface area is 145 Å². The van der Waals surface area contributed by atoms with Gasteiger partial charge in [-0.2, -0.15) is 0 Å². The Morgan fingerprint density at radius 3 is 2.50 bits per heavy atom. The number of ether oxygens (including phenoxy) is 2. The van der Waals surface area contributed by atoms with E-state index < -0.39 is 23.2 Å². The van der Waals surface area contributed by atoms with Gasteiger partial charge >= 0.3 is 11.9 Å². The van der Waals surface area contributed by atoms with E-state index in [1.165, 1.54) is 0 Å². The number of carboxylic acid groups (broad SMARTS) is 1. The monoisotopic (exact) mass is 395 g/mol. The van der Waals surface area contributed by atoms with Crippen molar-refractivity contribution in [2.75, 3.05) is 6.61 Å². The molecule has 7 nitrogen and oxygen atoms in total. The Morgan fingerprint density at radius 2 is 1.92 bits per heavy atom. The topological polar surface area (TPSA) is 106 Å². The van der Waals surface area contributed by atoms with E-state index in [-0.39, 0.29) is 29.0 Å². The van der Waals surface area contributed by atoms with Gasteiger partial charge in [0, 0.05) is 0 Å². The normalized spacial score (nSPS) is 10.2. The molecule has 8 heteroatoms. The van der Waals surface area contributed by atoms with Crippen molar-refractivity contribution >= 4 is 27.9 Å². The van der Waals surface area contributed by atoms with Crippen molar-refractivity contribution in [3.63, 3.8) is 0 Å². The summed E-state index contributed by atoms with van der Waals surface area (Å²) in [5, 5.41) is 9.13. The van der Waals surface area contributed by atoms with Gasteiger partial charge in [0.05, 0.1) is 11.1 Å². The molecule has 0 saturated heterocycles. The molecule has 126 valence electrons. The summed E-state index contributed by atoms with van der Waals surface area (Å²) < 4.78 is 10.3. The maximum Gasteiger partial charge on any atom is 0.353 e. The number of carbonyl (C=O) groups is 2. The molecule has 0 atom stereocenters. The molecule has 0 spiro atoms. The zero-order chi connectivity index (χ0) is 17.7. The first-order valence-electron chi connectivity index (χ1n) is 6.98. The molecule has 1 aromatic heterocycles. The molecule has 0 saturated carbocycles. The van der Waals surface area contributed by atoms with Crippen molar-refractivity contribution in [3.05, 3.63) is 62.0 Å². The minimum absolute atomic E-state index is 0.0369. The number of hydrogen-bond donors (Lipinski definition) is 2. The van der Waals surface area contributed by atoms with Gasteiger partial charge in [0.2, 0.25) is 5.75 Å². The SMILES string of the molecule is CCOC(=O)c1c(Br)c(C(=O)O)[nH]c(=O)c1OCc1ccccc1. The first kappa shape index (κ1) is 17.7. The number of aromatic carboxylic acids is 1. The van der Waals surface area contributed by atoms with E-state index in [0.717, 1.165) is 5.56 Å². The van der Waals surface area contributed by atoms with Crippen LogP contribution in [0, 0.1) is 0 Å². The Morgan fingerprint density at radius 1 is 1.25 bits per heavy atom. The zero-order valence-corrected chi connectivity index (χ0v) is 14.3. The molecule has 1 heterocycles. The number of rotatable bonds is 6. The summed E-state index contributed by atoms with van der Waals surface area (Å²) in [4.78, 5) is 37.7. The van der Waals surface area contributed by atoms with E-state index in [1.807, 2.05) is 6.07 Å². The maximum atomic E-state index is 12.2. The summed E-state index contributed by atoms with van der Waals surface area (Å²) in [6.45, 7) is 1.70. The molecule has 0 aliphatic heterocycles. The second-order valence-corrected chi connectivity index (χ2v) is 5.44. The van der Waals surface area contributed by atoms with Crippen LogP contribution in [0.15, 0.2) is 39.6 Å². The fourth-order valence-corrected chi connectivity index (χ4v) is 2.57. The molecule has 0 unspecified atom stereocenters. The average Bonchev–Trinajstić information content (AvgIpc) is 2.55. The van der Waals surface area contributed by atoms with Crippen LogP contribution in [0.3, 0.4) is 0 Å². The molecule has 0 radical (unpaired) electrons. The lowest BCUT2D eigenvalue weighted by atomic mass is 10.2. The lowest BCUT2D eigenvalue weighted by Gasteiger charge is -2.13. The molecule has 0 aliphatic carbocycles. The van der Waals surface area contributed by atoms with E-state index in [9.17, 15) is 14.4 Å². The number of hydrogen-bond acceptors (Lipinski definition) is 5. The fourth-order valence-electron chi connectivity index (χ4n) is 1.96. The predicted molar refractivity (Wildman–Crippen MR) is 88.5 cm³/mol. The van der Waals surface area contributed by atoms with Crippen LogP contribution in [0.1, 0.15) is 33.3 Å². The highest BCUT2D eigenvalue weighted by atomic mass is 79.9. The second kappa shape index (κ2) is 7.78. The van der Waals surface area contributed by atoms with Crippen LogP contribution in [-0.4, -0.2) is 28.6 Å². The molecule has 2 aromatic rings. The largest absolute Gasteiger partial charge is 0.482 e. The lowest BCUT2D eigenvalue weighted by Crippen LogP contribution is -2.22. The predicted octanol–water partition coefficient (Wildman–Crippen LogP) is 2.59. The summed E-state index contributed by atoms with van der Waals surface area (Å²) in [5.74, 6) is -2.53. The number of aromatic amines is 1. The molecule has 1 aromatic carbocycles. The van der Waals surface area contributed by atoms with Crippen molar-refractivity contribution in [2.24, 2.45) is 0 Å². The van der Waals surface area contributed by atoms with Crippen LogP contribution >= 0.6 is 15.9 Å². The standard InChI is InChI=1S/C16H14BrNO6/c1-2-23-16(22)10-11(17)12(15(20)21)18-14(19)13(10)24-8-9-6-4-3-5-7-9/h3-7H,2,8H2,1H3,(H,18,19)(H,20,21). The van der Waals surface area contributed by atoms with Crippen molar-refractivity contribution in [2.45, 2.75) is 13.5 Å². The van der Waals surface area contributed by atoms with Gasteiger partial charge in [-0.1, -0.05) is 30.3 Å². The van der Waals surface area contributed by atoms with Gasteiger partial charge < -0.3 is 19.6 Å². The molecule has 0 fully saturated rings. The maximum absolute atomic E-state index is 12.2. The summed E-state index contributed by atoms with van der Waals surface area (Å²) in [6, 6.07) is 9.02. The van der Waals surface area contributed by atoms with Crippen molar-refractivity contribution in [1.29, 1.82) is 0 Å². The Hall–Kier alpha value is -2.61. The van der Waals surface area contributed by atoms with Crippen molar-refractivity contribution < 1.29 is 24.2 Å². The number of aromatic nitrogens is 1. The second-order valence-electron chi connectivity index (χ2n) is 4.65. The number of benzene rings is 1. The van der Waals surface area contributed by atoms with E-state index in [0.29, 0.717) is 0 Å². The number of carboxylic acids is 1. The third kappa shape index (κ3) is 3.83. The van der Waals surface area contributed by atoms with Crippen LogP contribution in [-0.2, 0) is 11.3 Å². The molecule has 0 aliphatic rings. The molecule has 2 rings (SSSR count). The van der Waals surface area contributed by atoms with Crippen LogP contribution in [0.4, 0.5) is 0 Å². The lowest BCUT2D eigenvalue weighted by molar-refractivity contribution is 0.0519. The van der Waals surface area contributed by atoms with E-state index >= 15 is 0 Å². The van der Waals surface area contributed by atoms with Gasteiger partial charge in [-0.25, -0.2) is 9.59 Å². The van der Waals surface area contributed by atoms with Crippen LogP contribution in [0.5, 0.6) is 5.75 Å². The highest BCUT2D eigenvalue weighted by molar-refractivity contribution is 9.10. The summed E-state index contributed by atoms with van der Waals surface area (Å²) >= 11 is 3.03. The number of pyridine rings is 1. The molecule has 24 heavy (non-hydrogen) atoms. The molecule has 0 bridgehead atoms. The smallest absolute Gasteiger partial charge is 0.353 e. The average molecular weight is 396 g/mol. The molecular formula is C16H14BrNO6. The molecule has 0 amide bonds. The summed E-state index contributed by atoms with van der Waals surface area (Å²) in [7, 11) is 0. The fraction of sp³-hybridized carbons (Fsp3) is 0.188. The third-order valence-electron chi connectivity index (χ3n) is 3.03. The van der Waals surface area contributed by atoms with Crippen molar-refractivity contribution in [1.82, 2.24) is 4.98 Å². The van der Waals surface area contributed by atoms with Gasteiger partial charge in [0.1, 0.15) is 17.9 Å². The number of nitrogens with one attached hydrogen (secondary N) is 1. The quantitative estimate of drug-likeness (QED) is 0.728. The first-order valence-corrected chi connectivity index (χ1v) is 7.77. The van der Waals surface area contributed by atoms with Gasteiger partial charge in [-0.15, -0.1) is 0 Å². The summed E-state index contributed by atoms with van der Waals surface area (Å²) in [5.41, 5.74) is -0.747. The number of carbonyl (C=O) groups excluding carboxylic acids is 1. The van der Waals surface area contributed by atoms with Gasteiger partial charge in [-0.3, -0.25) is 4.79 Å².